The summed E-state index contributed by atoms with van der Waals surface area (Å²) in [6, 6.07) is 16.2. The lowest BCUT2D eigenvalue weighted by molar-refractivity contribution is -0.144. The lowest BCUT2D eigenvalue weighted by Crippen LogP contribution is -2.58. The predicted octanol–water partition coefficient (Wildman–Crippen LogP) is -0.275. The topological polar surface area (TPSA) is 190 Å². The molecule has 202 valence electrons. The average molecular weight is 522 g/mol. The molecule has 0 spiro atoms. The van der Waals surface area contributed by atoms with Gasteiger partial charge in [-0.3, -0.25) is 19.4 Å². The van der Waals surface area contributed by atoms with Gasteiger partial charge < -0.3 is 37.8 Å². The lowest BCUT2D eigenvalue weighted by Gasteiger charge is -2.27. The van der Waals surface area contributed by atoms with E-state index in [9.17, 15) is 19.5 Å². The minimum atomic E-state index is -1.82. The quantitative estimate of drug-likeness (QED) is 0.177. The number of anilines is 1. The average Bonchev–Trinajstić information content (AvgIpc) is 2.94. The van der Waals surface area contributed by atoms with Crippen LogP contribution in [0.1, 0.15) is 12.0 Å². The van der Waals surface area contributed by atoms with Gasteiger partial charge in [0.05, 0.1) is 17.4 Å². The van der Waals surface area contributed by atoms with Gasteiger partial charge in [0.2, 0.25) is 11.8 Å². The summed E-state index contributed by atoms with van der Waals surface area (Å²) in [5, 5.41) is 16.8. The Bertz CT molecular complexity index is 1220. The molecular formula is C27H35N7O4. The van der Waals surface area contributed by atoms with Crippen LogP contribution in [0.25, 0.3) is 10.9 Å². The van der Waals surface area contributed by atoms with E-state index >= 15 is 0 Å². The van der Waals surface area contributed by atoms with Gasteiger partial charge in [-0.1, -0.05) is 48.5 Å². The molecule has 0 bridgehead atoms. The van der Waals surface area contributed by atoms with Crippen molar-refractivity contribution in [3.8, 4) is 0 Å². The molecule has 0 aliphatic rings. The van der Waals surface area contributed by atoms with Crippen molar-refractivity contribution in [3.05, 3.63) is 72.4 Å². The molecule has 0 radical (unpaired) electrons. The first-order valence-corrected chi connectivity index (χ1v) is 12.5. The monoisotopic (exact) mass is 521 g/mol. The Balaban J connectivity index is 1.73. The number of carbonyl (C=O) groups is 3. The third-order valence-corrected chi connectivity index (χ3v) is 6.06. The molecule has 0 aliphatic carbocycles. The minimum absolute atomic E-state index is 0.156. The standard InChI is InChI=1S/C27H35N7O4/c28-12-14-34(15-13-29)27(38)24(35)23(30)26(37)33-22(11-10-18-6-2-1-3-7-18)25(36)32-20-16-19-8-4-5-9-21(19)31-17-20/h1-9,16-17,22-24,35H,10-15,28-30H2,(H,32,36)(H,33,37). The third-order valence-electron chi connectivity index (χ3n) is 6.06. The fourth-order valence-electron chi connectivity index (χ4n) is 3.99. The Hall–Kier alpha value is -3.90. The fraction of sp³-hybridized carbons (Fsp3) is 0.333. The Kier molecular flexibility index (Phi) is 10.7. The van der Waals surface area contributed by atoms with Crippen molar-refractivity contribution < 1.29 is 19.5 Å². The Morgan fingerprint density at radius 1 is 0.947 bits per heavy atom. The molecule has 0 saturated carbocycles. The van der Waals surface area contributed by atoms with Gasteiger partial charge in [-0.05, 0) is 30.5 Å². The Morgan fingerprint density at radius 3 is 2.29 bits per heavy atom. The van der Waals surface area contributed by atoms with Gasteiger partial charge in [0.1, 0.15) is 12.1 Å². The number of fused-ring (bicyclic) bond motifs is 1. The number of nitrogens with two attached hydrogens (primary N) is 3. The number of aliphatic hydroxyl groups is 1. The van der Waals surface area contributed by atoms with Crippen molar-refractivity contribution in [1.29, 1.82) is 0 Å². The van der Waals surface area contributed by atoms with Crippen LogP contribution < -0.4 is 27.8 Å². The second kappa shape index (κ2) is 14.1. The van der Waals surface area contributed by atoms with E-state index in [1.807, 2.05) is 54.6 Å². The van der Waals surface area contributed by atoms with Gasteiger partial charge >= 0.3 is 0 Å². The van der Waals surface area contributed by atoms with Gasteiger partial charge in [0.25, 0.3) is 5.91 Å². The van der Waals surface area contributed by atoms with Crippen LogP contribution in [0.2, 0.25) is 0 Å². The smallest absolute Gasteiger partial charge is 0.253 e. The number of nitrogens with zero attached hydrogens (tertiary/aromatic N) is 2. The number of carbonyl (C=O) groups excluding carboxylic acids is 3. The van der Waals surface area contributed by atoms with Crippen LogP contribution in [-0.4, -0.2) is 77.1 Å². The van der Waals surface area contributed by atoms with Crippen LogP contribution in [0.15, 0.2) is 66.9 Å². The van der Waals surface area contributed by atoms with Gasteiger partial charge in [-0.25, -0.2) is 0 Å². The van der Waals surface area contributed by atoms with Crippen molar-refractivity contribution in [2.24, 2.45) is 17.2 Å². The number of pyridine rings is 1. The Labute approximate surface area is 221 Å². The largest absolute Gasteiger partial charge is 0.381 e. The van der Waals surface area contributed by atoms with E-state index in [2.05, 4.69) is 15.6 Å². The molecule has 9 N–H and O–H groups in total. The molecule has 0 aliphatic heterocycles. The molecular weight excluding hydrogens is 486 g/mol. The third kappa shape index (κ3) is 7.80. The first-order chi connectivity index (χ1) is 18.3. The van der Waals surface area contributed by atoms with E-state index in [0.29, 0.717) is 12.1 Å². The maximum absolute atomic E-state index is 13.3. The second-order valence-corrected chi connectivity index (χ2v) is 8.86. The van der Waals surface area contributed by atoms with Crippen LogP contribution in [0, 0.1) is 0 Å². The summed E-state index contributed by atoms with van der Waals surface area (Å²) >= 11 is 0. The van der Waals surface area contributed by atoms with Gasteiger partial charge in [0.15, 0.2) is 6.10 Å². The molecule has 2 aromatic carbocycles. The number of hydrogen-bond acceptors (Lipinski definition) is 8. The van der Waals surface area contributed by atoms with Crippen molar-refractivity contribution in [1.82, 2.24) is 15.2 Å². The van der Waals surface area contributed by atoms with Crippen LogP contribution >= 0.6 is 0 Å². The van der Waals surface area contributed by atoms with Crippen molar-refractivity contribution in [3.63, 3.8) is 0 Å². The minimum Gasteiger partial charge on any atom is -0.381 e. The molecule has 3 amide bonds. The van der Waals surface area contributed by atoms with Crippen molar-refractivity contribution in [2.75, 3.05) is 31.5 Å². The molecule has 3 rings (SSSR count). The van der Waals surface area contributed by atoms with Crippen LogP contribution in [0.4, 0.5) is 5.69 Å². The van der Waals surface area contributed by atoms with Crippen LogP contribution in [0.3, 0.4) is 0 Å². The summed E-state index contributed by atoms with van der Waals surface area (Å²) in [4.78, 5) is 44.5. The maximum atomic E-state index is 13.3. The summed E-state index contributed by atoms with van der Waals surface area (Å²) in [6.07, 6.45) is 0.461. The van der Waals surface area contributed by atoms with E-state index in [1.165, 1.54) is 11.1 Å². The number of aryl methyl sites for hydroxylation is 1. The lowest BCUT2D eigenvalue weighted by atomic mass is 10.0. The SMILES string of the molecule is NCCN(CCN)C(=O)C(O)C(N)C(=O)NC(CCc1ccccc1)C(=O)Nc1cnc2ccccc2c1. The molecule has 1 aromatic heterocycles. The predicted molar refractivity (Wildman–Crippen MR) is 146 cm³/mol. The molecule has 11 nitrogen and oxygen atoms in total. The number of rotatable bonds is 13. The number of benzene rings is 2. The van der Waals surface area contributed by atoms with Gasteiger partial charge in [-0.2, -0.15) is 0 Å². The zero-order valence-electron chi connectivity index (χ0n) is 21.1. The van der Waals surface area contributed by atoms with Gasteiger partial charge in [0, 0.05) is 31.6 Å². The maximum Gasteiger partial charge on any atom is 0.253 e. The molecule has 1 heterocycles. The van der Waals surface area contributed by atoms with Crippen LogP contribution in [-0.2, 0) is 20.8 Å². The van der Waals surface area contributed by atoms with E-state index in [0.717, 1.165) is 16.5 Å². The van der Waals surface area contributed by atoms with Crippen LogP contribution in [0.5, 0.6) is 0 Å². The highest BCUT2D eigenvalue weighted by Crippen LogP contribution is 2.17. The highest BCUT2D eigenvalue weighted by molar-refractivity contribution is 6.00. The first kappa shape index (κ1) is 28.7. The number of nitrogens with one attached hydrogen (secondary N) is 2. The zero-order chi connectivity index (χ0) is 27.5. The first-order valence-electron chi connectivity index (χ1n) is 12.5. The number of aliphatic hydroxyl groups excluding tert-OH is 1. The van der Waals surface area contributed by atoms with Crippen molar-refractivity contribution in [2.45, 2.75) is 31.0 Å². The molecule has 38 heavy (non-hydrogen) atoms. The zero-order valence-corrected chi connectivity index (χ0v) is 21.1. The Morgan fingerprint density at radius 2 is 1.61 bits per heavy atom. The summed E-state index contributed by atoms with van der Waals surface area (Å²) in [5.74, 6) is -2.07. The van der Waals surface area contributed by atoms with E-state index in [-0.39, 0.29) is 32.6 Å². The van der Waals surface area contributed by atoms with E-state index in [1.54, 1.807) is 6.07 Å². The summed E-state index contributed by atoms with van der Waals surface area (Å²) < 4.78 is 0. The molecule has 3 aromatic rings. The summed E-state index contributed by atoms with van der Waals surface area (Å²) in [7, 11) is 0. The summed E-state index contributed by atoms with van der Waals surface area (Å²) in [6.45, 7) is 0.628. The van der Waals surface area contributed by atoms with E-state index in [4.69, 9.17) is 17.2 Å². The van der Waals surface area contributed by atoms with Crippen molar-refractivity contribution >= 4 is 34.3 Å². The molecule has 0 saturated heterocycles. The highest BCUT2D eigenvalue weighted by atomic mass is 16.3. The summed E-state index contributed by atoms with van der Waals surface area (Å²) in [5.41, 5.74) is 19.2. The second-order valence-electron chi connectivity index (χ2n) is 8.86. The normalized spacial score (nSPS) is 13.4. The molecule has 3 unspecified atom stereocenters. The molecule has 3 atom stereocenters. The number of amides is 3. The number of hydrogen-bond donors (Lipinski definition) is 6. The number of para-hydroxylation sites is 1. The number of aromatic nitrogens is 1. The highest BCUT2D eigenvalue weighted by Gasteiger charge is 2.33. The van der Waals surface area contributed by atoms with E-state index < -0.39 is 35.9 Å². The fourth-order valence-corrected chi connectivity index (χ4v) is 3.99. The molecule has 0 fully saturated rings. The van der Waals surface area contributed by atoms with Gasteiger partial charge in [-0.15, -0.1) is 0 Å². The molecule has 11 heteroatoms.